The third-order valence-corrected chi connectivity index (χ3v) is 4.33. The maximum Gasteiger partial charge on any atom is 0.191 e. The molecule has 1 heterocycles. The van der Waals surface area contributed by atoms with Crippen molar-refractivity contribution in [1.82, 2.24) is 20.4 Å². The maximum atomic E-state index is 5.59. The van der Waals surface area contributed by atoms with Crippen molar-refractivity contribution >= 4 is 5.96 Å². The Morgan fingerprint density at radius 1 is 1.04 bits per heavy atom. The first-order valence-corrected chi connectivity index (χ1v) is 10.3. The molecule has 28 heavy (non-hydrogen) atoms. The van der Waals surface area contributed by atoms with E-state index in [0.29, 0.717) is 39.5 Å². The number of rotatable bonds is 15. The lowest BCUT2D eigenvalue weighted by Gasteiger charge is -2.12. The van der Waals surface area contributed by atoms with Crippen LogP contribution in [0.15, 0.2) is 4.99 Å². The summed E-state index contributed by atoms with van der Waals surface area (Å²) in [5.41, 5.74) is 3.31. The van der Waals surface area contributed by atoms with E-state index in [1.54, 1.807) is 7.11 Å². The molecular weight excluding hydrogens is 358 g/mol. The number of aromatic nitrogens is 2. The highest BCUT2D eigenvalue weighted by Crippen LogP contribution is 2.14. The minimum atomic E-state index is 0.589. The van der Waals surface area contributed by atoms with Gasteiger partial charge in [0, 0.05) is 38.1 Å². The first kappa shape index (κ1) is 24.4. The fourth-order valence-electron chi connectivity index (χ4n) is 2.67. The molecule has 0 amide bonds. The molecule has 1 aromatic heterocycles. The molecule has 0 unspecified atom stereocenters. The van der Waals surface area contributed by atoms with Gasteiger partial charge in [-0.2, -0.15) is 5.10 Å². The number of ether oxygens (including phenoxy) is 3. The minimum absolute atomic E-state index is 0.589. The molecule has 0 aliphatic rings. The van der Waals surface area contributed by atoms with E-state index in [0.717, 1.165) is 55.4 Å². The number of aliphatic imine (C=N–C) groups is 1. The molecule has 0 spiro atoms. The number of hydrogen-bond donors (Lipinski definition) is 2. The minimum Gasteiger partial charge on any atom is -0.383 e. The second-order valence-electron chi connectivity index (χ2n) is 6.57. The van der Waals surface area contributed by atoms with Gasteiger partial charge in [-0.3, -0.25) is 4.68 Å². The second-order valence-corrected chi connectivity index (χ2v) is 6.57. The lowest BCUT2D eigenvalue weighted by molar-refractivity contribution is 0.0487. The Hall–Kier alpha value is -1.64. The number of guanidine groups is 1. The van der Waals surface area contributed by atoms with E-state index in [1.165, 1.54) is 0 Å². The van der Waals surface area contributed by atoms with Crippen molar-refractivity contribution < 1.29 is 14.2 Å². The molecule has 2 N–H and O–H groups in total. The normalized spacial score (nSPS) is 11.8. The lowest BCUT2D eigenvalue weighted by Crippen LogP contribution is -2.39. The summed E-state index contributed by atoms with van der Waals surface area (Å²) < 4.78 is 18.2. The van der Waals surface area contributed by atoms with Gasteiger partial charge >= 0.3 is 0 Å². The molecule has 8 heteroatoms. The molecule has 0 saturated carbocycles. The Kier molecular flexibility index (Phi) is 13.3. The van der Waals surface area contributed by atoms with Crippen molar-refractivity contribution in [2.75, 3.05) is 53.2 Å². The summed E-state index contributed by atoms with van der Waals surface area (Å²) in [5, 5.41) is 11.2. The average Bonchev–Trinajstić information content (AvgIpc) is 2.96. The number of aryl methyl sites for hydroxylation is 1. The number of nitrogens with zero attached hydrogens (tertiary/aromatic N) is 3. The zero-order valence-corrected chi connectivity index (χ0v) is 18.3. The number of unbranched alkanes of at least 4 members (excludes halogenated alkanes) is 1. The van der Waals surface area contributed by atoms with E-state index < -0.39 is 0 Å². The van der Waals surface area contributed by atoms with Crippen LogP contribution in [0.1, 0.15) is 43.6 Å². The van der Waals surface area contributed by atoms with Gasteiger partial charge in [0.2, 0.25) is 0 Å². The van der Waals surface area contributed by atoms with Gasteiger partial charge in [0.1, 0.15) is 0 Å². The molecule has 0 bridgehead atoms. The molecule has 0 aliphatic heterocycles. The summed E-state index contributed by atoms with van der Waals surface area (Å²) in [7, 11) is 1.70. The number of hydrogen-bond acceptors (Lipinski definition) is 5. The van der Waals surface area contributed by atoms with Gasteiger partial charge in [-0.25, -0.2) is 4.99 Å². The predicted octanol–water partition coefficient (Wildman–Crippen LogP) is 2.03. The van der Waals surface area contributed by atoms with Gasteiger partial charge in [0.15, 0.2) is 5.96 Å². The molecule has 0 aliphatic carbocycles. The molecule has 0 radical (unpaired) electrons. The Labute approximate surface area is 170 Å². The van der Waals surface area contributed by atoms with E-state index in [1.807, 2.05) is 11.6 Å². The monoisotopic (exact) mass is 397 g/mol. The Morgan fingerprint density at radius 3 is 2.46 bits per heavy atom. The van der Waals surface area contributed by atoms with E-state index in [2.05, 4.69) is 36.5 Å². The molecule has 0 fully saturated rings. The number of methoxy groups -OCH3 is 1. The quantitative estimate of drug-likeness (QED) is 0.268. The topological polar surface area (TPSA) is 81.9 Å². The largest absolute Gasteiger partial charge is 0.383 e. The first-order chi connectivity index (χ1) is 13.6. The molecule has 1 aromatic rings. The standard InChI is InChI=1S/C20H39N5O3/c1-6-8-11-27-14-15-28-12-9-22-20(21-7-2)23-16-19-17(3)24-25(18(19)4)10-13-26-5/h6-16H2,1-5H3,(H2,21,22,23). The maximum absolute atomic E-state index is 5.59. The van der Waals surface area contributed by atoms with Crippen LogP contribution >= 0.6 is 0 Å². The Balaban J connectivity index is 2.40. The summed E-state index contributed by atoms with van der Waals surface area (Å²) in [6, 6.07) is 0. The number of nitrogens with one attached hydrogen (secondary N) is 2. The van der Waals surface area contributed by atoms with Crippen LogP contribution in [0.2, 0.25) is 0 Å². The Bertz CT molecular complexity index is 560. The van der Waals surface area contributed by atoms with Crippen LogP contribution < -0.4 is 10.6 Å². The molecule has 0 saturated heterocycles. The van der Waals surface area contributed by atoms with E-state index in [4.69, 9.17) is 19.2 Å². The highest BCUT2D eigenvalue weighted by molar-refractivity contribution is 5.79. The van der Waals surface area contributed by atoms with Gasteiger partial charge < -0.3 is 24.8 Å². The van der Waals surface area contributed by atoms with Crippen molar-refractivity contribution in [2.24, 2.45) is 4.99 Å². The Morgan fingerprint density at radius 2 is 1.79 bits per heavy atom. The molecular formula is C20H39N5O3. The second kappa shape index (κ2) is 15.3. The van der Waals surface area contributed by atoms with E-state index in [9.17, 15) is 0 Å². The lowest BCUT2D eigenvalue weighted by atomic mass is 10.2. The summed E-state index contributed by atoms with van der Waals surface area (Å²) in [5.74, 6) is 0.786. The van der Waals surface area contributed by atoms with Crippen molar-refractivity contribution in [3.8, 4) is 0 Å². The highest BCUT2D eigenvalue weighted by atomic mass is 16.5. The summed E-state index contributed by atoms with van der Waals surface area (Å²) in [4.78, 5) is 4.70. The van der Waals surface area contributed by atoms with Crippen LogP contribution in [0.3, 0.4) is 0 Å². The van der Waals surface area contributed by atoms with Gasteiger partial charge in [0.25, 0.3) is 0 Å². The van der Waals surface area contributed by atoms with Gasteiger partial charge in [0.05, 0.1) is 45.2 Å². The molecule has 0 aromatic carbocycles. The van der Waals surface area contributed by atoms with Crippen LogP contribution in [-0.2, 0) is 27.3 Å². The summed E-state index contributed by atoms with van der Waals surface area (Å²) >= 11 is 0. The third kappa shape index (κ3) is 9.52. The van der Waals surface area contributed by atoms with Crippen LogP contribution in [0.25, 0.3) is 0 Å². The van der Waals surface area contributed by atoms with Crippen LogP contribution in [0.4, 0.5) is 0 Å². The smallest absolute Gasteiger partial charge is 0.191 e. The average molecular weight is 398 g/mol. The van der Waals surface area contributed by atoms with Crippen molar-refractivity contribution in [1.29, 1.82) is 0 Å². The highest BCUT2D eigenvalue weighted by Gasteiger charge is 2.11. The van der Waals surface area contributed by atoms with Gasteiger partial charge in [-0.1, -0.05) is 13.3 Å². The molecule has 162 valence electrons. The first-order valence-electron chi connectivity index (χ1n) is 10.3. The van der Waals surface area contributed by atoms with Crippen LogP contribution in [0, 0.1) is 13.8 Å². The zero-order chi connectivity index (χ0) is 20.6. The van der Waals surface area contributed by atoms with Crippen molar-refractivity contribution in [2.45, 2.75) is 53.6 Å². The fourth-order valence-corrected chi connectivity index (χ4v) is 2.67. The zero-order valence-electron chi connectivity index (χ0n) is 18.3. The molecule has 1 rings (SSSR count). The fraction of sp³-hybridized carbons (Fsp3) is 0.800. The third-order valence-electron chi connectivity index (χ3n) is 4.33. The van der Waals surface area contributed by atoms with Gasteiger partial charge in [-0.15, -0.1) is 0 Å². The predicted molar refractivity (Wildman–Crippen MR) is 113 cm³/mol. The van der Waals surface area contributed by atoms with Crippen molar-refractivity contribution in [3.63, 3.8) is 0 Å². The van der Waals surface area contributed by atoms with Crippen LogP contribution in [-0.4, -0.2) is 69.0 Å². The van der Waals surface area contributed by atoms with Crippen molar-refractivity contribution in [3.05, 3.63) is 17.0 Å². The SMILES string of the molecule is CCCCOCCOCCNC(=NCc1c(C)nn(CCOC)c1C)NCC. The molecule has 8 nitrogen and oxygen atoms in total. The van der Waals surface area contributed by atoms with Gasteiger partial charge in [-0.05, 0) is 27.2 Å². The van der Waals surface area contributed by atoms with Crippen LogP contribution in [0.5, 0.6) is 0 Å². The molecule has 0 atom stereocenters. The summed E-state index contributed by atoms with van der Waals surface area (Å²) in [6.07, 6.45) is 2.26. The summed E-state index contributed by atoms with van der Waals surface area (Å²) in [6.45, 7) is 14.5. The van der Waals surface area contributed by atoms with E-state index >= 15 is 0 Å². The van der Waals surface area contributed by atoms with E-state index in [-0.39, 0.29) is 0 Å².